The van der Waals surface area contributed by atoms with E-state index in [4.69, 9.17) is 5.73 Å². The first-order valence-corrected chi connectivity index (χ1v) is 9.49. The first kappa shape index (κ1) is 20.9. The average Bonchev–Trinajstić information content (AvgIpc) is 2.54. The van der Waals surface area contributed by atoms with Gasteiger partial charge in [-0.15, -0.1) is 12.4 Å². The Morgan fingerprint density at radius 1 is 1.29 bits per heavy atom. The maximum absolute atomic E-state index is 12.6. The van der Waals surface area contributed by atoms with Gasteiger partial charge in [0, 0.05) is 31.2 Å². The molecule has 1 amide bonds. The lowest BCUT2D eigenvalue weighted by atomic mass is 10.2. The Kier molecular flexibility index (Phi) is 8.15. The van der Waals surface area contributed by atoms with E-state index in [2.05, 4.69) is 5.32 Å². The Labute approximate surface area is 150 Å². The molecule has 1 aromatic rings. The Balaban J connectivity index is 0.00000288. The SMILES string of the molecule is CC(N)CCC(=O)Nc1cccc(S(=O)(=O)N2CCCCC2)c1.Cl. The van der Waals surface area contributed by atoms with Gasteiger partial charge in [-0.05, 0) is 44.4 Å². The third-order valence-corrected chi connectivity index (χ3v) is 5.79. The molecule has 0 spiro atoms. The van der Waals surface area contributed by atoms with Gasteiger partial charge in [-0.3, -0.25) is 4.79 Å². The van der Waals surface area contributed by atoms with Crippen molar-refractivity contribution in [1.82, 2.24) is 4.31 Å². The minimum Gasteiger partial charge on any atom is -0.328 e. The number of halogens is 1. The van der Waals surface area contributed by atoms with Gasteiger partial charge in [0.05, 0.1) is 4.90 Å². The molecule has 1 unspecified atom stereocenters. The molecule has 1 aliphatic heterocycles. The topological polar surface area (TPSA) is 92.5 Å². The van der Waals surface area contributed by atoms with Crippen LogP contribution in [0.3, 0.4) is 0 Å². The van der Waals surface area contributed by atoms with E-state index in [0.29, 0.717) is 31.6 Å². The molecule has 136 valence electrons. The average molecular weight is 376 g/mol. The van der Waals surface area contributed by atoms with Gasteiger partial charge in [-0.2, -0.15) is 4.31 Å². The molecule has 1 heterocycles. The highest BCUT2D eigenvalue weighted by Crippen LogP contribution is 2.23. The molecule has 3 N–H and O–H groups in total. The lowest BCUT2D eigenvalue weighted by molar-refractivity contribution is -0.116. The van der Waals surface area contributed by atoms with Crippen molar-refractivity contribution in [3.63, 3.8) is 0 Å². The monoisotopic (exact) mass is 375 g/mol. The van der Waals surface area contributed by atoms with E-state index in [-0.39, 0.29) is 29.3 Å². The maximum Gasteiger partial charge on any atom is 0.243 e. The fraction of sp³-hybridized carbons (Fsp3) is 0.562. The van der Waals surface area contributed by atoms with Crippen LogP contribution in [0.5, 0.6) is 0 Å². The summed E-state index contributed by atoms with van der Waals surface area (Å²) < 4.78 is 26.8. The van der Waals surface area contributed by atoms with Crippen LogP contribution >= 0.6 is 12.4 Å². The zero-order valence-corrected chi connectivity index (χ0v) is 15.5. The van der Waals surface area contributed by atoms with Gasteiger partial charge in [0.25, 0.3) is 0 Å². The lowest BCUT2D eigenvalue weighted by Gasteiger charge is -2.26. The summed E-state index contributed by atoms with van der Waals surface area (Å²) >= 11 is 0. The van der Waals surface area contributed by atoms with Crippen molar-refractivity contribution < 1.29 is 13.2 Å². The van der Waals surface area contributed by atoms with Crippen LogP contribution in [-0.4, -0.2) is 37.8 Å². The molecular weight excluding hydrogens is 350 g/mol. The van der Waals surface area contributed by atoms with Gasteiger partial charge >= 0.3 is 0 Å². The zero-order valence-electron chi connectivity index (χ0n) is 13.9. The highest BCUT2D eigenvalue weighted by molar-refractivity contribution is 7.89. The Morgan fingerprint density at radius 2 is 1.96 bits per heavy atom. The minimum atomic E-state index is -3.48. The summed E-state index contributed by atoms with van der Waals surface area (Å²) in [4.78, 5) is 12.1. The molecule has 1 fully saturated rings. The Hall–Kier alpha value is -1.15. The van der Waals surface area contributed by atoms with E-state index in [1.54, 1.807) is 18.2 Å². The summed E-state index contributed by atoms with van der Waals surface area (Å²) in [6.45, 7) is 2.97. The smallest absolute Gasteiger partial charge is 0.243 e. The summed E-state index contributed by atoms with van der Waals surface area (Å²) in [5, 5.41) is 2.74. The highest BCUT2D eigenvalue weighted by atomic mass is 35.5. The van der Waals surface area contributed by atoms with Crippen LogP contribution in [0.15, 0.2) is 29.2 Å². The second kappa shape index (κ2) is 9.36. The van der Waals surface area contributed by atoms with E-state index in [1.165, 1.54) is 10.4 Å². The molecule has 0 radical (unpaired) electrons. The Morgan fingerprint density at radius 3 is 2.58 bits per heavy atom. The number of benzene rings is 1. The number of piperidine rings is 1. The van der Waals surface area contributed by atoms with E-state index in [1.807, 2.05) is 6.92 Å². The molecule has 0 aliphatic carbocycles. The van der Waals surface area contributed by atoms with Crippen molar-refractivity contribution in [2.45, 2.75) is 50.0 Å². The Bertz CT molecular complexity index is 644. The predicted molar refractivity (Wildman–Crippen MR) is 97.8 cm³/mol. The van der Waals surface area contributed by atoms with Crippen LogP contribution in [0.25, 0.3) is 0 Å². The van der Waals surface area contributed by atoms with Gasteiger partial charge in [-0.25, -0.2) is 8.42 Å². The van der Waals surface area contributed by atoms with Crippen molar-refractivity contribution in [2.24, 2.45) is 5.73 Å². The number of nitrogens with two attached hydrogens (primary N) is 1. The second-order valence-electron chi connectivity index (χ2n) is 6.06. The summed E-state index contributed by atoms with van der Waals surface area (Å²) in [7, 11) is -3.48. The lowest BCUT2D eigenvalue weighted by Crippen LogP contribution is -2.35. The van der Waals surface area contributed by atoms with Gasteiger partial charge in [0.15, 0.2) is 0 Å². The molecule has 24 heavy (non-hydrogen) atoms. The highest BCUT2D eigenvalue weighted by Gasteiger charge is 2.26. The minimum absolute atomic E-state index is 0. The fourth-order valence-electron chi connectivity index (χ4n) is 2.57. The molecule has 1 aromatic carbocycles. The maximum atomic E-state index is 12.6. The zero-order chi connectivity index (χ0) is 16.9. The van der Waals surface area contributed by atoms with E-state index in [9.17, 15) is 13.2 Å². The number of nitrogens with one attached hydrogen (secondary N) is 1. The third kappa shape index (κ3) is 5.73. The van der Waals surface area contributed by atoms with E-state index in [0.717, 1.165) is 19.3 Å². The van der Waals surface area contributed by atoms with Crippen molar-refractivity contribution in [1.29, 1.82) is 0 Å². The van der Waals surface area contributed by atoms with Crippen LogP contribution in [-0.2, 0) is 14.8 Å². The van der Waals surface area contributed by atoms with Crippen molar-refractivity contribution >= 4 is 34.0 Å². The molecule has 8 heteroatoms. The van der Waals surface area contributed by atoms with Crippen molar-refractivity contribution in [3.8, 4) is 0 Å². The predicted octanol–water partition coefficient (Wildman–Crippen LogP) is 2.35. The normalized spacial score (nSPS) is 16.9. The number of sulfonamides is 1. The van der Waals surface area contributed by atoms with Gasteiger partial charge in [0.1, 0.15) is 0 Å². The third-order valence-electron chi connectivity index (χ3n) is 3.90. The quantitative estimate of drug-likeness (QED) is 0.798. The van der Waals surface area contributed by atoms with Crippen LogP contribution in [0, 0.1) is 0 Å². The van der Waals surface area contributed by atoms with Gasteiger partial charge in [-0.1, -0.05) is 12.5 Å². The molecular formula is C16H26ClN3O3S. The van der Waals surface area contributed by atoms with Crippen LogP contribution in [0.1, 0.15) is 39.0 Å². The molecule has 2 rings (SSSR count). The first-order chi connectivity index (χ1) is 10.9. The summed E-state index contributed by atoms with van der Waals surface area (Å²) in [5.41, 5.74) is 6.13. The largest absolute Gasteiger partial charge is 0.328 e. The van der Waals surface area contributed by atoms with Gasteiger partial charge < -0.3 is 11.1 Å². The molecule has 1 saturated heterocycles. The number of hydrogen-bond donors (Lipinski definition) is 2. The molecule has 1 aliphatic rings. The summed E-state index contributed by atoms with van der Waals surface area (Å²) in [6.07, 6.45) is 3.78. The summed E-state index contributed by atoms with van der Waals surface area (Å²) in [6, 6.07) is 6.40. The number of nitrogens with zero attached hydrogens (tertiary/aromatic N) is 1. The van der Waals surface area contributed by atoms with Crippen LogP contribution in [0.4, 0.5) is 5.69 Å². The van der Waals surface area contributed by atoms with E-state index >= 15 is 0 Å². The first-order valence-electron chi connectivity index (χ1n) is 8.05. The van der Waals surface area contributed by atoms with E-state index < -0.39 is 10.0 Å². The molecule has 0 saturated carbocycles. The molecule has 0 aromatic heterocycles. The van der Waals surface area contributed by atoms with Crippen LogP contribution in [0.2, 0.25) is 0 Å². The van der Waals surface area contributed by atoms with Crippen molar-refractivity contribution in [2.75, 3.05) is 18.4 Å². The van der Waals surface area contributed by atoms with Gasteiger partial charge in [0.2, 0.25) is 15.9 Å². The number of carbonyl (C=O) groups excluding carboxylic acids is 1. The molecule has 1 atom stereocenters. The van der Waals surface area contributed by atoms with Crippen molar-refractivity contribution in [3.05, 3.63) is 24.3 Å². The second-order valence-corrected chi connectivity index (χ2v) is 7.99. The molecule has 6 nitrogen and oxygen atoms in total. The number of hydrogen-bond acceptors (Lipinski definition) is 4. The number of amides is 1. The number of carbonyl (C=O) groups is 1. The number of anilines is 1. The molecule has 0 bridgehead atoms. The fourth-order valence-corrected chi connectivity index (χ4v) is 4.13. The summed E-state index contributed by atoms with van der Waals surface area (Å²) in [5.74, 6) is -0.158. The van der Waals surface area contributed by atoms with Crippen LogP contribution < -0.4 is 11.1 Å². The standard InChI is InChI=1S/C16H25N3O3S.ClH/c1-13(17)8-9-16(20)18-14-6-5-7-15(12-14)23(21,22)19-10-3-2-4-11-19;/h5-7,12-13H,2-4,8-11,17H2,1H3,(H,18,20);1H. The number of rotatable bonds is 6.